The molecule has 15 heavy (non-hydrogen) atoms. The molecule has 1 atom stereocenters. The van der Waals surface area contributed by atoms with Crippen molar-refractivity contribution in [2.24, 2.45) is 0 Å². The summed E-state index contributed by atoms with van der Waals surface area (Å²) in [7, 11) is 0. The first kappa shape index (κ1) is 11.6. The highest BCUT2D eigenvalue weighted by Crippen LogP contribution is 2.07. The van der Waals surface area contributed by atoms with Crippen molar-refractivity contribution >= 4 is 5.91 Å². The fourth-order valence-corrected chi connectivity index (χ4v) is 1.04. The largest absolute Gasteiger partial charge is 0.394 e. The van der Waals surface area contributed by atoms with Crippen molar-refractivity contribution in [1.29, 1.82) is 0 Å². The molecule has 0 radical (unpaired) electrons. The Morgan fingerprint density at radius 1 is 1.40 bits per heavy atom. The van der Waals surface area contributed by atoms with Gasteiger partial charge in [0.15, 0.2) is 0 Å². The third-order valence-electron chi connectivity index (χ3n) is 1.78. The van der Waals surface area contributed by atoms with E-state index in [-0.39, 0.29) is 12.2 Å². The second kappa shape index (κ2) is 4.84. The SMILES string of the molecule is C[C@H](CO)NC(=O)c1cc(F)cc(F)c1. The van der Waals surface area contributed by atoms with Gasteiger partial charge in [-0.25, -0.2) is 8.78 Å². The fraction of sp³-hybridized carbons (Fsp3) is 0.300. The van der Waals surface area contributed by atoms with Gasteiger partial charge in [0.1, 0.15) is 11.6 Å². The maximum Gasteiger partial charge on any atom is 0.251 e. The van der Waals surface area contributed by atoms with Crippen LogP contribution in [0.2, 0.25) is 0 Å². The second-order valence-corrected chi connectivity index (χ2v) is 3.22. The first-order valence-corrected chi connectivity index (χ1v) is 4.40. The number of amides is 1. The van der Waals surface area contributed by atoms with Crippen LogP contribution in [0.1, 0.15) is 17.3 Å². The van der Waals surface area contributed by atoms with Crippen LogP contribution in [0.5, 0.6) is 0 Å². The van der Waals surface area contributed by atoms with Gasteiger partial charge in [-0.3, -0.25) is 4.79 Å². The van der Waals surface area contributed by atoms with E-state index in [4.69, 9.17) is 5.11 Å². The minimum Gasteiger partial charge on any atom is -0.394 e. The van der Waals surface area contributed by atoms with E-state index in [1.54, 1.807) is 6.92 Å². The average molecular weight is 215 g/mol. The van der Waals surface area contributed by atoms with Crippen molar-refractivity contribution in [1.82, 2.24) is 5.32 Å². The predicted octanol–water partition coefficient (Wildman–Crippen LogP) is 1.08. The minimum atomic E-state index is -0.809. The van der Waals surface area contributed by atoms with Crippen LogP contribution >= 0.6 is 0 Å². The molecule has 0 heterocycles. The molecule has 82 valence electrons. The van der Waals surface area contributed by atoms with Crippen molar-refractivity contribution in [2.75, 3.05) is 6.61 Å². The third-order valence-corrected chi connectivity index (χ3v) is 1.78. The Hall–Kier alpha value is -1.49. The van der Waals surface area contributed by atoms with Gasteiger partial charge in [-0.15, -0.1) is 0 Å². The van der Waals surface area contributed by atoms with Crippen molar-refractivity contribution in [3.05, 3.63) is 35.4 Å². The molecule has 1 aromatic carbocycles. The van der Waals surface area contributed by atoms with E-state index in [0.29, 0.717) is 6.07 Å². The van der Waals surface area contributed by atoms with Crippen LogP contribution in [-0.2, 0) is 0 Å². The summed E-state index contributed by atoms with van der Waals surface area (Å²) in [5.74, 6) is -2.23. The van der Waals surface area contributed by atoms with Gasteiger partial charge >= 0.3 is 0 Å². The standard InChI is InChI=1S/C10H11F2NO2/c1-6(5-14)13-10(15)7-2-8(11)4-9(12)3-7/h2-4,6,14H,5H2,1H3,(H,13,15)/t6-/m1/s1. The summed E-state index contributed by atoms with van der Waals surface area (Å²) in [5.41, 5.74) is -0.104. The zero-order valence-corrected chi connectivity index (χ0v) is 8.13. The summed E-state index contributed by atoms with van der Waals surface area (Å²) in [6, 6.07) is 2.10. The second-order valence-electron chi connectivity index (χ2n) is 3.22. The number of rotatable bonds is 3. The molecule has 1 aromatic rings. The molecule has 3 nitrogen and oxygen atoms in total. The van der Waals surface area contributed by atoms with Gasteiger partial charge in [0.2, 0.25) is 0 Å². The molecule has 0 bridgehead atoms. The number of hydrogen-bond acceptors (Lipinski definition) is 2. The number of benzene rings is 1. The average Bonchev–Trinajstić information content (AvgIpc) is 2.16. The molecule has 0 aliphatic rings. The molecule has 0 saturated heterocycles. The van der Waals surface area contributed by atoms with Crippen molar-refractivity contribution in [3.63, 3.8) is 0 Å². The first-order chi connectivity index (χ1) is 7.02. The molecule has 2 N–H and O–H groups in total. The lowest BCUT2D eigenvalue weighted by molar-refractivity contribution is 0.0921. The van der Waals surface area contributed by atoms with Crippen LogP contribution < -0.4 is 5.32 Å². The molecule has 5 heteroatoms. The van der Waals surface area contributed by atoms with Gasteiger partial charge in [0, 0.05) is 17.7 Å². The normalized spacial score (nSPS) is 12.3. The summed E-state index contributed by atoms with van der Waals surface area (Å²) in [6.45, 7) is 1.34. The molecule has 0 aromatic heterocycles. The fourth-order valence-electron chi connectivity index (χ4n) is 1.04. The number of carbonyl (C=O) groups is 1. The lowest BCUT2D eigenvalue weighted by Crippen LogP contribution is -2.35. The highest BCUT2D eigenvalue weighted by molar-refractivity contribution is 5.94. The Bertz CT molecular complexity index is 348. The Kier molecular flexibility index (Phi) is 3.74. The molecule has 1 amide bonds. The molecular weight excluding hydrogens is 204 g/mol. The van der Waals surface area contributed by atoms with Gasteiger partial charge in [-0.1, -0.05) is 0 Å². The Balaban J connectivity index is 2.82. The predicted molar refractivity (Wildman–Crippen MR) is 50.4 cm³/mol. The molecule has 0 aliphatic heterocycles. The van der Waals surface area contributed by atoms with E-state index in [9.17, 15) is 13.6 Å². The molecule has 0 saturated carbocycles. The lowest BCUT2D eigenvalue weighted by atomic mass is 10.2. The monoisotopic (exact) mass is 215 g/mol. The van der Waals surface area contributed by atoms with Gasteiger partial charge in [0.25, 0.3) is 5.91 Å². The number of hydrogen-bond donors (Lipinski definition) is 2. The molecule has 0 spiro atoms. The topological polar surface area (TPSA) is 49.3 Å². The zero-order valence-electron chi connectivity index (χ0n) is 8.13. The summed E-state index contributed by atoms with van der Waals surface area (Å²) >= 11 is 0. The van der Waals surface area contributed by atoms with E-state index >= 15 is 0 Å². The summed E-state index contributed by atoms with van der Waals surface area (Å²) in [6.07, 6.45) is 0. The van der Waals surface area contributed by atoms with Crippen LogP contribution in [0.3, 0.4) is 0 Å². The summed E-state index contributed by atoms with van der Waals surface area (Å²) < 4.78 is 25.5. The maximum atomic E-state index is 12.7. The number of carbonyl (C=O) groups excluding carboxylic acids is 1. The van der Waals surface area contributed by atoms with Gasteiger partial charge in [-0.05, 0) is 19.1 Å². The number of aliphatic hydroxyl groups excluding tert-OH is 1. The highest BCUT2D eigenvalue weighted by atomic mass is 19.1. The molecule has 0 aliphatic carbocycles. The minimum absolute atomic E-state index is 0.104. The Labute approximate surface area is 85.7 Å². The lowest BCUT2D eigenvalue weighted by Gasteiger charge is -2.10. The van der Waals surface area contributed by atoms with Crippen molar-refractivity contribution in [2.45, 2.75) is 13.0 Å². The van der Waals surface area contributed by atoms with Crippen molar-refractivity contribution < 1.29 is 18.7 Å². The van der Waals surface area contributed by atoms with E-state index < -0.39 is 23.6 Å². The smallest absolute Gasteiger partial charge is 0.251 e. The number of nitrogens with one attached hydrogen (secondary N) is 1. The Morgan fingerprint density at radius 2 is 1.93 bits per heavy atom. The van der Waals surface area contributed by atoms with Gasteiger partial charge < -0.3 is 10.4 Å². The zero-order chi connectivity index (χ0) is 11.4. The number of halogens is 2. The molecule has 1 rings (SSSR count). The van der Waals surface area contributed by atoms with E-state index in [1.165, 1.54) is 0 Å². The molecule has 0 fully saturated rings. The summed E-state index contributed by atoms with van der Waals surface area (Å²) in [4.78, 5) is 11.4. The van der Waals surface area contributed by atoms with Crippen LogP contribution in [0.4, 0.5) is 8.78 Å². The van der Waals surface area contributed by atoms with E-state index in [0.717, 1.165) is 12.1 Å². The van der Waals surface area contributed by atoms with Crippen LogP contribution in [-0.4, -0.2) is 23.7 Å². The molecular formula is C10H11F2NO2. The van der Waals surface area contributed by atoms with Gasteiger partial charge in [0.05, 0.1) is 6.61 Å². The van der Waals surface area contributed by atoms with E-state index in [2.05, 4.69) is 5.32 Å². The van der Waals surface area contributed by atoms with Crippen molar-refractivity contribution in [3.8, 4) is 0 Å². The molecule has 0 unspecified atom stereocenters. The Morgan fingerprint density at radius 3 is 2.40 bits per heavy atom. The first-order valence-electron chi connectivity index (χ1n) is 4.40. The quantitative estimate of drug-likeness (QED) is 0.792. The van der Waals surface area contributed by atoms with Crippen LogP contribution in [0, 0.1) is 11.6 Å². The third kappa shape index (κ3) is 3.28. The van der Waals surface area contributed by atoms with E-state index in [1.807, 2.05) is 0 Å². The van der Waals surface area contributed by atoms with Crippen LogP contribution in [0.25, 0.3) is 0 Å². The van der Waals surface area contributed by atoms with Crippen LogP contribution in [0.15, 0.2) is 18.2 Å². The maximum absolute atomic E-state index is 12.7. The summed E-state index contributed by atoms with van der Waals surface area (Å²) in [5, 5.41) is 11.1. The number of aliphatic hydroxyl groups is 1. The van der Waals surface area contributed by atoms with Gasteiger partial charge in [-0.2, -0.15) is 0 Å². The highest BCUT2D eigenvalue weighted by Gasteiger charge is 2.11.